The van der Waals surface area contributed by atoms with Gasteiger partial charge in [0.2, 0.25) is 0 Å². The molecule has 1 aliphatic rings. The number of hydrogen-bond acceptors (Lipinski definition) is 3. The van der Waals surface area contributed by atoms with Crippen molar-refractivity contribution in [1.29, 1.82) is 0 Å². The number of aliphatic hydroxyl groups is 1. The van der Waals surface area contributed by atoms with Crippen LogP contribution in [0.1, 0.15) is 0 Å². The van der Waals surface area contributed by atoms with E-state index in [-0.39, 0.29) is 6.61 Å². The van der Waals surface area contributed by atoms with E-state index in [9.17, 15) is 13.6 Å². The molecule has 2 N–H and O–H groups in total. The number of alkyl halides is 2. The van der Waals surface area contributed by atoms with Crippen LogP contribution < -0.4 is 5.32 Å². The van der Waals surface area contributed by atoms with E-state index in [4.69, 9.17) is 5.11 Å². The molecule has 0 spiro atoms. The molecule has 76 valence electrons. The van der Waals surface area contributed by atoms with Crippen LogP contribution in [0.2, 0.25) is 0 Å². The van der Waals surface area contributed by atoms with Gasteiger partial charge in [-0.3, -0.25) is 4.79 Å². The summed E-state index contributed by atoms with van der Waals surface area (Å²) >= 11 is 0. The Kier molecular flexibility index (Phi) is 2.82. The van der Waals surface area contributed by atoms with Gasteiger partial charge in [-0.15, -0.1) is 0 Å². The summed E-state index contributed by atoms with van der Waals surface area (Å²) < 4.78 is 30.6. The lowest BCUT2D eigenvalue weighted by Crippen LogP contribution is -2.37. The van der Waals surface area contributed by atoms with E-state index >= 15 is 0 Å². The summed E-state index contributed by atoms with van der Waals surface area (Å²) in [6.07, 6.45) is 0. The number of nitrogens with one attached hydrogen (secondary N) is 1. The Morgan fingerprint density at radius 2 is 2.31 bits per heavy atom. The number of carbonyl (C=O) groups excluding carboxylic acids is 1. The SMILES string of the molecule is COC[C@H]1C(CO)NC(=O)C1(F)F. The summed E-state index contributed by atoms with van der Waals surface area (Å²) in [7, 11) is 1.27. The second kappa shape index (κ2) is 3.55. The highest BCUT2D eigenvalue weighted by molar-refractivity contribution is 5.86. The van der Waals surface area contributed by atoms with Crippen molar-refractivity contribution in [3.05, 3.63) is 0 Å². The molecule has 1 heterocycles. The number of aliphatic hydroxyl groups excluding tert-OH is 1. The highest BCUT2D eigenvalue weighted by Crippen LogP contribution is 2.33. The predicted octanol–water partition coefficient (Wildman–Crippen LogP) is -0.625. The molecule has 1 aliphatic heterocycles. The van der Waals surface area contributed by atoms with Crippen molar-refractivity contribution in [2.45, 2.75) is 12.0 Å². The fourth-order valence-corrected chi connectivity index (χ4v) is 1.36. The predicted molar refractivity (Wildman–Crippen MR) is 39.3 cm³/mol. The summed E-state index contributed by atoms with van der Waals surface area (Å²) in [5, 5.41) is 10.7. The van der Waals surface area contributed by atoms with Crippen molar-refractivity contribution >= 4 is 5.91 Å². The van der Waals surface area contributed by atoms with Crippen LogP contribution in [0.15, 0.2) is 0 Å². The number of hydrogen-bond donors (Lipinski definition) is 2. The smallest absolute Gasteiger partial charge is 0.331 e. The van der Waals surface area contributed by atoms with Gasteiger partial charge in [-0.1, -0.05) is 0 Å². The molecule has 0 aliphatic carbocycles. The quantitative estimate of drug-likeness (QED) is 0.630. The first-order valence-corrected chi connectivity index (χ1v) is 3.82. The molecule has 13 heavy (non-hydrogen) atoms. The first-order valence-electron chi connectivity index (χ1n) is 3.82. The fraction of sp³-hybridized carbons (Fsp3) is 0.857. The van der Waals surface area contributed by atoms with E-state index in [0.29, 0.717) is 0 Å². The molecule has 0 aromatic heterocycles. The van der Waals surface area contributed by atoms with E-state index in [1.165, 1.54) is 7.11 Å². The average molecular weight is 195 g/mol. The minimum absolute atomic E-state index is 0.253. The number of methoxy groups -OCH3 is 1. The lowest BCUT2D eigenvalue weighted by atomic mass is 9.99. The second-order valence-electron chi connectivity index (χ2n) is 2.95. The Balaban J connectivity index is 2.78. The van der Waals surface area contributed by atoms with Gasteiger partial charge in [0.1, 0.15) is 0 Å². The lowest BCUT2D eigenvalue weighted by Gasteiger charge is -2.18. The van der Waals surface area contributed by atoms with E-state index in [1.54, 1.807) is 0 Å². The molecule has 4 nitrogen and oxygen atoms in total. The molecule has 0 aromatic carbocycles. The maximum absolute atomic E-state index is 13.0. The monoisotopic (exact) mass is 195 g/mol. The molecule has 0 aromatic rings. The van der Waals surface area contributed by atoms with Crippen molar-refractivity contribution in [3.63, 3.8) is 0 Å². The third kappa shape index (κ3) is 1.64. The largest absolute Gasteiger partial charge is 0.394 e. The van der Waals surface area contributed by atoms with E-state index in [1.807, 2.05) is 5.32 Å². The minimum atomic E-state index is -3.44. The fourth-order valence-electron chi connectivity index (χ4n) is 1.36. The summed E-state index contributed by atoms with van der Waals surface area (Å²) in [5.41, 5.74) is 0. The standard InChI is InChI=1S/C7H11F2NO3/c1-13-3-4-5(2-11)10-6(12)7(4,8)9/h4-5,11H,2-3H2,1H3,(H,10,12)/t4-,5?/m0/s1. The molecule has 6 heteroatoms. The average Bonchev–Trinajstić information content (AvgIpc) is 2.29. The molecule has 1 unspecified atom stereocenters. The molecular formula is C7H11F2NO3. The first kappa shape index (κ1) is 10.3. The van der Waals surface area contributed by atoms with Crippen molar-refractivity contribution in [1.82, 2.24) is 5.32 Å². The Bertz CT molecular complexity index is 210. The van der Waals surface area contributed by atoms with Crippen molar-refractivity contribution in [2.24, 2.45) is 5.92 Å². The summed E-state index contributed by atoms with van der Waals surface area (Å²) in [6, 6.07) is -0.914. The molecule has 2 atom stereocenters. The second-order valence-corrected chi connectivity index (χ2v) is 2.95. The Morgan fingerprint density at radius 3 is 2.77 bits per heavy atom. The Morgan fingerprint density at radius 1 is 1.69 bits per heavy atom. The van der Waals surface area contributed by atoms with Crippen molar-refractivity contribution in [2.75, 3.05) is 20.3 Å². The van der Waals surface area contributed by atoms with Crippen LogP contribution >= 0.6 is 0 Å². The zero-order valence-electron chi connectivity index (χ0n) is 7.09. The van der Waals surface area contributed by atoms with Gasteiger partial charge in [0, 0.05) is 7.11 Å². The van der Waals surface area contributed by atoms with Crippen molar-refractivity contribution < 1.29 is 23.4 Å². The van der Waals surface area contributed by atoms with Gasteiger partial charge < -0.3 is 15.2 Å². The van der Waals surface area contributed by atoms with Gasteiger partial charge in [-0.2, -0.15) is 8.78 Å². The van der Waals surface area contributed by atoms with Gasteiger partial charge in [0.15, 0.2) is 0 Å². The van der Waals surface area contributed by atoms with Crippen molar-refractivity contribution in [3.8, 4) is 0 Å². The van der Waals surface area contributed by atoms with Crippen LogP contribution in [0, 0.1) is 5.92 Å². The maximum atomic E-state index is 13.0. The third-order valence-corrected chi connectivity index (χ3v) is 2.11. The summed E-state index contributed by atoms with van der Waals surface area (Å²) in [5.74, 6) is -6.06. The van der Waals surface area contributed by atoms with E-state index in [0.717, 1.165) is 0 Å². The molecule has 0 bridgehead atoms. The van der Waals surface area contributed by atoms with Gasteiger partial charge >= 0.3 is 5.92 Å². The van der Waals surface area contributed by atoms with Crippen LogP contribution in [-0.2, 0) is 9.53 Å². The Labute approximate surface area is 73.9 Å². The molecule has 1 fully saturated rings. The third-order valence-electron chi connectivity index (χ3n) is 2.11. The maximum Gasteiger partial charge on any atom is 0.331 e. The molecule has 1 amide bonds. The number of rotatable bonds is 3. The van der Waals surface area contributed by atoms with Crippen LogP contribution in [0.25, 0.3) is 0 Å². The van der Waals surface area contributed by atoms with E-state index in [2.05, 4.69) is 4.74 Å². The Hall–Kier alpha value is -0.750. The number of halogens is 2. The normalized spacial score (nSPS) is 31.8. The van der Waals surface area contributed by atoms with Crippen LogP contribution in [-0.4, -0.2) is 43.3 Å². The minimum Gasteiger partial charge on any atom is -0.394 e. The van der Waals surface area contributed by atoms with Crippen LogP contribution in [0.3, 0.4) is 0 Å². The zero-order valence-corrected chi connectivity index (χ0v) is 7.09. The number of carbonyl (C=O) groups is 1. The molecular weight excluding hydrogens is 184 g/mol. The highest BCUT2D eigenvalue weighted by Gasteiger charge is 2.56. The molecule has 1 rings (SSSR count). The number of ether oxygens (including phenoxy) is 1. The van der Waals surface area contributed by atoms with Gasteiger partial charge in [0.05, 0.1) is 25.2 Å². The molecule has 0 saturated carbocycles. The summed E-state index contributed by atoms with van der Waals surface area (Å²) in [4.78, 5) is 10.7. The topological polar surface area (TPSA) is 58.6 Å². The van der Waals surface area contributed by atoms with Gasteiger partial charge in [0.25, 0.3) is 5.91 Å². The molecule has 1 saturated heterocycles. The highest BCUT2D eigenvalue weighted by atomic mass is 19.3. The zero-order chi connectivity index (χ0) is 10.1. The number of amides is 1. The van der Waals surface area contributed by atoms with Crippen LogP contribution in [0.4, 0.5) is 8.78 Å². The van der Waals surface area contributed by atoms with E-state index < -0.39 is 30.4 Å². The molecule has 0 radical (unpaired) electrons. The summed E-state index contributed by atoms with van der Waals surface area (Å²) in [6.45, 7) is -0.758. The van der Waals surface area contributed by atoms with Gasteiger partial charge in [-0.05, 0) is 0 Å². The van der Waals surface area contributed by atoms with Gasteiger partial charge in [-0.25, -0.2) is 0 Å². The van der Waals surface area contributed by atoms with Crippen LogP contribution in [0.5, 0.6) is 0 Å². The first-order chi connectivity index (χ1) is 6.04. The lowest BCUT2D eigenvalue weighted by molar-refractivity contribution is -0.146.